The summed E-state index contributed by atoms with van der Waals surface area (Å²) in [6, 6.07) is 12.1. The van der Waals surface area contributed by atoms with Crippen molar-refractivity contribution < 1.29 is 18.9 Å². The molecule has 0 atom stereocenters. The molecule has 2 aromatic carbocycles. The van der Waals surface area contributed by atoms with Crippen molar-refractivity contribution in [3.63, 3.8) is 0 Å². The molecule has 3 aromatic rings. The first kappa shape index (κ1) is 19.7. The lowest BCUT2D eigenvalue weighted by Crippen LogP contribution is -2.11. The van der Waals surface area contributed by atoms with E-state index < -0.39 is 10.8 Å². The van der Waals surface area contributed by atoms with Gasteiger partial charge in [0.15, 0.2) is 5.76 Å². The number of nitro benzene ring substituents is 1. The van der Waals surface area contributed by atoms with Crippen LogP contribution in [0, 0.1) is 17.0 Å². The van der Waals surface area contributed by atoms with Crippen LogP contribution in [0.15, 0.2) is 52.9 Å². The van der Waals surface area contributed by atoms with E-state index in [1.165, 1.54) is 24.3 Å². The van der Waals surface area contributed by atoms with Crippen LogP contribution < -0.4 is 10.1 Å². The first-order valence-electron chi connectivity index (χ1n) is 8.06. The van der Waals surface area contributed by atoms with E-state index in [9.17, 15) is 14.9 Å². The molecule has 0 aliphatic carbocycles. The van der Waals surface area contributed by atoms with E-state index in [0.29, 0.717) is 16.5 Å². The van der Waals surface area contributed by atoms with Crippen molar-refractivity contribution in [2.75, 3.05) is 5.32 Å². The molecular weight excluding hydrogens is 407 g/mol. The topological polar surface area (TPSA) is 94.6 Å². The highest BCUT2D eigenvalue weighted by Crippen LogP contribution is 2.27. The second-order valence-corrected chi connectivity index (χ2v) is 6.66. The van der Waals surface area contributed by atoms with Crippen molar-refractivity contribution in [1.29, 1.82) is 0 Å². The van der Waals surface area contributed by atoms with Gasteiger partial charge < -0.3 is 14.5 Å². The number of hydrogen-bond donors (Lipinski definition) is 1. The summed E-state index contributed by atoms with van der Waals surface area (Å²) in [6.45, 7) is 1.98. The molecule has 1 N–H and O–H groups in total. The Balaban J connectivity index is 1.66. The Kier molecular flexibility index (Phi) is 5.87. The summed E-state index contributed by atoms with van der Waals surface area (Å²) in [4.78, 5) is 22.6. The molecule has 9 heteroatoms. The largest absolute Gasteiger partial charge is 0.486 e. The summed E-state index contributed by atoms with van der Waals surface area (Å²) in [6.07, 6.45) is 0. The predicted octanol–water partition coefficient (Wildman–Crippen LogP) is 5.63. The molecule has 3 rings (SSSR count). The predicted molar refractivity (Wildman–Crippen MR) is 105 cm³/mol. The van der Waals surface area contributed by atoms with Gasteiger partial charge >= 0.3 is 0 Å². The van der Waals surface area contributed by atoms with Crippen LogP contribution in [-0.2, 0) is 6.61 Å². The Morgan fingerprint density at radius 2 is 1.89 bits per heavy atom. The molecule has 0 aliphatic rings. The molecular formula is C19H14Cl2N2O5. The molecule has 1 amide bonds. The number of benzene rings is 2. The maximum absolute atomic E-state index is 12.3. The van der Waals surface area contributed by atoms with Crippen LogP contribution in [0.4, 0.5) is 11.4 Å². The number of non-ortho nitro benzene ring substituents is 1. The molecule has 0 aliphatic heterocycles. The van der Waals surface area contributed by atoms with Crippen LogP contribution in [0.3, 0.4) is 0 Å². The number of hydrogen-bond acceptors (Lipinski definition) is 5. The van der Waals surface area contributed by atoms with Gasteiger partial charge in [0, 0.05) is 17.2 Å². The molecule has 0 fully saturated rings. The zero-order chi connectivity index (χ0) is 20.3. The SMILES string of the molecule is Cc1cc(OCc2ccc(C(=O)Nc3cc([N+](=O)[O-])ccc3Cl)o2)ccc1Cl. The highest BCUT2D eigenvalue weighted by atomic mass is 35.5. The molecule has 0 saturated carbocycles. The molecule has 0 bridgehead atoms. The Bertz CT molecular complexity index is 1050. The van der Waals surface area contributed by atoms with Gasteiger partial charge in [-0.3, -0.25) is 14.9 Å². The minimum atomic E-state index is -0.587. The third-order valence-corrected chi connectivity index (χ3v) is 4.56. The third kappa shape index (κ3) is 4.62. The minimum Gasteiger partial charge on any atom is -0.486 e. The number of nitrogens with one attached hydrogen (secondary N) is 1. The lowest BCUT2D eigenvalue weighted by atomic mass is 10.2. The summed E-state index contributed by atoms with van der Waals surface area (Å²) in [5.41, 5.74) is 0.811. The number of furan rings is 1. The molecule has 28 heavy (non-hydrogen) atoms. The van der Waals surface area contributed by atoms with Gasteiger partial charge in [-0.1, -0.05) is 23.2 Å². The van der Waals surface area contributed by atoms with E-state index in [0.717, 1.165) is 5.56 Å². The Labute approximate surface area is 170 Å². The van der Waals surface area contributed by atoms with E-state index in [4.69, 9.17) is 32.4 Å². The first-order chi connectivity index (χ1) is 13.3. The molecule has 1 heterocycles. The van der Waals surface area contributed by atoms with Crippen molar-refractivity contribution in [3.8, 4) is 5.75 Å². The second kappa shape index (κ2) is 8.33. The fourth-order valence-corrected chi connectivity index (χ4v) is 2.63. The number of carbonyl (C=O) groups is 1. The fraction of sp³-hybridized carbons (Fsp3) is 0.105. The number of carbonyl (C=O) groups excluding carboxylic acids is 1. The zero-order valence-corrected chi connectivity index (χ0v) is 16.1. The molecule has 0 spiro atoms. The van der Waals surface area contributed by atoms with Gasteiger partial charge in [-0.05, 0) is 48.9 Å². The summed E-state index contributed by atoms with van der Waals surface area (Å²) in [5, 5.41) is 14.2. The van der Waals surface area contributed by atoms with Crippen LogP contribution in [-0.4, -0.2) is 10.8 Å². The number of anilines is 1. The zero-order valence-electron chi connectivity index (χ0n) is 14.6. The van der Waals surface area contributed by atoms with Crippen LogP contribution in [0.1, 0.15) is 21.9 Å². The highest BCUT2D eigenvalue weighted by molar-refractivity contribution is 6.34. The molecule has 1 aromatic heterocycles. The van der Waals surface area contributed by atoms with Crippen molar-refractivity contribution in [3.05, 3.63) is 85.8 Å². The van der Waals surface area contributed by atoms with Gasteiger partial charge in [0.05, 0.1) is 15.6 Å². The average Bonchev–Trinajstić information content (AvgIpc) is 3.13. The number of rotatable bonds is 6. The Hall–Kier alpha value is -3.03. The first-order valence-corrected chi connectivity index (χ1v) is 8.82. The third-order valence-electron chi connectivity index (χ3n) is 3.80. The van der Waals surface area contributed by atoms with Gasteiger partial charge in [0.25, 0.3) is 11.6 Å². The number of aryl methyl sites for hydroxylation is 1. The number of halogens is 2. The summed E-state index contributed by atoms with van der Waals surface area (Å²) >= 11 is 12.0. The van der Waals surface area contributed by atoms with Gasteiger partial charge in [0.2, 0.25) is 0 Å². The number of nitro groups is 1. The maximum Gasteiger partial charge on any atom is 0.291 e. The van der Waals surface area contributed by atoms with E-state index in [1.54, 1.807) is 24.3 Å². The minimum absolute atomic E-state index is 0.0217. The molecule has 0 unspecified atom stereocenters. The second-order valence-electron chi connectivity index (χ2n) is 5.84. The quantitative estimate of drug-likeness (QED) is 0.411. The lowest BCUT2D eigenvalue weighted by molar-refractivity contribution is -0.384. The van der Waals surface area contributed by atoms with Gasteiger partial charge in [0.1, 0.15) is 18.1 Å². The fourth-order valence-electron chi connectivity index (χ4n) is 2.35. The summed E-state index contributed by atoms with van der Waals surface area (Å²) < 4.78 is 11.1. The van der Waals surface area contributed by atoms with E-state index in [2.05, 4.69) is 5.32 Å². The van der Waals surface area contributed by atoms with Crippen LogP contribution in [0.25, 0.3) is 0 Å². The number of ether oxygens (including phenoxy) is 1. The van der Waals surface area contributed by atoms with Crippen molar-refractivity contribution in [2.24, 2.45) is 0 Å². The lowest BCUT2D eigenvalue weighted by Gasteiger charge is -2.07. The number of amides is 1. The molecule has 144 valence electrons. The summed E-state index contributed by atoms with van der Waals surface area (Å²) in [5.74, 6) is 0.486. The Morgan fingerprint density at radius 1 is 1.14 bits per heavy atom. The van der Waals surface area contributed by atoms with Crippen molar-refractivity contribution in [2.45, 2.75) is 13.5 Å². The number of nitrogens with zero attached hydrogens (tertiary/aromatic N) is 1. The van der Waals surface area contributed by atoms with Crippen molar-refractivity contribution >= 4 is 40.5 Å². The summed E-state index contributed by atoms with van der Waals surface area (Å²) in [7, 11) is 0. The standard InChI is InChI=1S/C19H14Cl2N2O5/c1-11-8-13(3-6-15(11)20)27-10-14-4-7-18(28-14)19(24)22-17-9-12(23(25)26)2-5-16(17)21/h2-9H,10H2,1H3,(H,22,24). The van der Waals surface area contributed by atoms with Crippen molar-refractivity contribution in [1.82, 2.24) is 0 Å². The smallest absolute Gasteiger partial charge is 0.291 e. The molecule has 0 radical (unpaired) electrons. The van der Waals surface area contributed by atoms with Crippen LogP contribution >= 0.6 is 23.2 Å². The molecule has 0 saturated heterocycles. The van der Waals surface area contributed by atoms with E-state index in [1.807, 2.05) is 6.92 Å². The van der Waals surface area contributed by atoms with E-state index >= 15 is 0 Å². The van der Waals surface area contributed by atoms with Crippen LogP contribution in [0.2, 0.25) is 10.0 Å². The van der Waals surface area contributed by atoms with Gasteiger partial charge in [-0.25, -0.2) is 0 Å². The van der Waals surface area contributed by atoms with E-state index in [-0.39, 0.29) is 28.8 Å². The molecule has 7 nitrogen and oxygen atoms in total. The normalized spacial score (nSPS) is 10.5. The average molecular weight is 421 g/mol. The van der Waals surface area contributed by atoms with Crippen LogP contribution in [0.5, 0.6) is 5.75 Å². The highest BCUT2D eigenvalue weighted by Gasteiger charge is 2.16. The Morgan fingerprint density at radius 3 is 2.61 bits per heavy atom. The maximum atomic E-state index is 12.3. The monoisotopic (exact) mass is 420 g/mol. The van der Waals surface area contributed by atoms with Gasteiger partial charge in [-0.2, -0.15) is 0 Å². The van der Waals surface area contributed by atoms with Gasteiger partial charge in [-0.15, -0.1) is 0 Å².